The molecule has 1 unspecified atom stereocenters. The van der Waals surface area contributed by atoms with Crippen molar-refractivity contribution in [3.8, 4) is 0 Å². The van der Waals surface area contributed by atoms with Crippen molar-refractivity contribution in [3.63, 3.8) is 0 Å². The normalized spacial score (nSPS) is 11.8. The molecular formula is C27H31N5O2. The number of nitrogens with zero attached hydrogens (tertiary/aromatic N) is 1. The second-order valence-electron chi connectivity index (χ2n) is 8.21. The van der Waals surface area contributed by atoms with E-state index in [0.29, 0.717) is 13.0 Å². The van der Waals surface area contributed by atoms with Crippen molar-refractivity contribution < 1.29 is 9.53 Å². The van der Waals surface area contributed by atoms with Crippen molar-refractivity contribution in [2.24, 2.45) is 0 Å². The number of ether oxygens (including phenoxy) is 1. The minimum absolute atomic E-state index is 0.0233. The minimum atomic E-state index is -0.223. The highest BCUT2D eigenvalue weighted by Gasteiger charge is 2.09. The van der Waals surface area contributed by atoms with Crippen LogP contribution in [0, 0.1) is 0 Å². The van der Waals surface area contributed by atoms with Gasteiger partial charge in [0.1, 0.15) is 0 Å². The van der Waals surface area contributed by atoms with Gasteiger partial charge in [-0.1, -0.05) is 18.2 Å². The van der Waals surface area contributed by atoms with Crippen LogP contribution in [0.1, 0.15) is 30.6 Å². The number of aromatic amines is 1. The molecule has 4 N–H and O–H groups in total. The summed E-state index contributed by atoms with van der Waals surface area (Å²) >= 11 is 0. The largest absolute Gasteiger partial charge is 0.469 e. The average molecular weight is 458 g/mol. The third-order valence-corrected chi connectivity index (χ3v) is 5.80. The number of fused-ring (bicyclic) bond motifs is 1. The fourth-order valence-corrected chi connectivity index (χ4v) is 3.88. The third kappa shape index (κ3) is 6.14. The van der Waals surface area contributed by atoms with Crippen molar-refractivity contribution >= 4 is 33.9 Å². The summed E-state index contributed by atoms with van der Waals surface area (Å²) < 4.78 is 4.68. The molecular weight excluding hydrogens is 426 g/mol. The van der Waals surface area contributed by atoms with E-state index < -0.39 is 0 Å². The van der Waals surface area contributed by atoms with Gasteiger partial charge in [0.15, 0.2) is 0 Å². The molecule has 34 heavy (non-hydrogen) atoms. The molecule has 176 valence electrons. The molecule has 7 heteroatoms. The van der Waals surface area contributed by atoms with Crippen LogP contribution in [0.2, 0.25) is 0 Å². The van der Waals surface area contributed by atoms with Crippen LogP contribution in [0.5, 0.6) is 0 Å². The Bertz CT molecular complexity index is 1220. The number of hydrogen-bond acceptors (Lipinski definition) is 6. The van der Waals surface area contributed by atoms with Crippen LogP contribution >= 0.6 is 0 Å². The van der Waals surface area contributed by atoms with E-state index in [4.69, 9.17) is 0 Å². The molecule has 0 fully saturated rings. The van der Waals surface area contributed by atoms with E-state index >= 15 is 0 Å². The van der Waals surface area contributed by atoms with Crippen molar-refractivity contribution in [2.45, 2.75) is 25.8 Å². The number of pyridine rings is 1. The number of rotatable bonds is 11. The number of esters is 1. The highest BCUT2D eigenvalue weighted by Crippen LogP contribution is 2.22. The molecule has 4 rings (SSSR count). The molecule has 2 aromatic heterocycles. The second-order valence-corrected chi connectivity index (χ2v) is 8.21. The van der Waals surface area contributed by atoms with Gasteiger partial charge in [0.05, 0.1) is 19.2 Å². The SMILES string of the molecule is COC(=O)CCNC(C)c1cc(Nc2ccc(NCCc3c[nH]c4ccccc34)cc2)ccn1. The van der Waals surface area contributed by atoms with Crippen molar-refractivity contribution in [3.05, 3.63) is 84.3 Å². The maximum absolute atomic E-state index is 11.3. The summed E-state index contributed by atoms with van der Waals surface area (Å²) in [6, 6.07) is 20.7. The minimum Gasteiger partial charge on any atom is -0.469 e. The van der Waals surface area contributed by atoms with Gasteiger partial charge < -0.3 is 25.7 Å². The number of para-hydroxylation sites is 1. The van der Waals surface area contributed by atoms with Crippen LogP contribution in [-0.2, 0) is 16.0 Å². The van der Waals surface area contributed by atoms with Crippen molar-refractivity contribution in [1.29, 1.82) is 0 Å². The van der Waals surface area contributed by atoms with E-state index in [1.807, 2.05) is 25.1 Å². The predicted octanol–water partition coefficient (Wildman–Crippen LogP) is 5.17. The number of carbonyl (C=O) groups excluding carboxylic acids is 1. The highest BCUT2D eigenvalue weighted by molar-refractivity contribution is 5.83. The average Bonchev–Trinajstić information content (AvgIpc) is 3.28. The number of benzene rings is 2. The molecule has 0 radical (unpaired) electrons. The number of H-pyrrole nitrogens is 1. The molecule has 2 heterocycles. The molecule has 1 atom stereocenters. The van der Waals surface area contributed by atoms with Gasteiger partial charge in [0.2, 0.25) is 0 Å². The topological polar surface area (TPSA) is 91.1 Å². The van der Waals surface area contributed by atoms with E-state index in [2.05, 4.69) is 79.3 Å². The maximum atomic E-state index is 11.3. The lowest BCUT2D eigenvalue weighted by atomic mass is 10.1. The molecule has 0 amide bonds. The Balaban J connectivity index is 1.27. The number of methoxy groups -OCH3 is 1. The van der Waals surface area contributed by atoms with E-state index in [9.17, 15) is 4.79 Å². The van der Waals surface area contributed by atoms with E-state index in [1.165, 1.54) is 23.6 Å². The zero-order valence-electron chi connectivity index (χ0n) is 19.6. The zero-order chi connectivity index (χ0) is 23.8. The number of nitrogens with one attached hydrogen (secondary N) is 4. The van der Waals surface area contributed by atoms with Gasteiger partial charge in [0, 0.05) is 59.5 Å². The Morgan fingerprint density at radius 1 is 1.03 bits per heavy atom. The van der Waals surface area contributed by atoms with E-state index in [1.54, 1.807) is 6.20 Å². The first-order valence-corrected chi connectivity index (χ1v) is 11.5. The first kappa shape index (κ1) is 23.3. The van der Waals surface area contributed by atoms with Gasteiger partial charge >= 0.3 is 5.97 Å². The van der Waals surface area contributed by atoms with Gasteiger partial charge in [0.25, 0.3) is 0 Å². The van der Waals surface area contributed by atoms with E-state index in [-0.39, 0.29) is 12.0 Å². The Labute approximate surface area is 200 Å². The van der Waals surface area contributed by atoms with Crippen LogP contribution in [0.3, 0.4) is 0 Å². The predicted molar refractivity (Wildman–Crippen MR) is 138 cm³/mol. The molecule has 7 nitrogen and oxygen atoms in total. The van der Waals surface area contributed by atoms with Crippen molar-refractivity contribution in [1.82, 2.24) is 15.3 Å². The lowest BCUT2D eigenvalue weighted by Crippen LogP contribution is -2.23. The molecule has 0 saturated heterocycles. The van der Waals surface area contributed by atoms with Gasteiger partial charge in [-0.25, -0.2) is 0 Å². The zero-order valence-corrected chi connectivity index (χ0v) is 19.6. The summed E-state index contributed by atoms with van der Waals surface area (Å²) in [5, 5.41) is 11.5. The summed E-state index contributed by atoms with van der Waals surface area (Å²) in [5.41, 5.74) is 6.47. The van der Waals surface area contributed by atoms with E-state index in [0.717, 1.165) is 35.7 Å². The molecule has 4 aromatic rings. The van der Waals surface area contributed by atoms with Gasteiger partial charge in [-0.2, -0.15) is 0 Å². The quantitative estimate of drug-likeness (QED) is 0.232. The molecule has 2 aromatic carbocycles. The molecule has 0 aliphatic rings. The number of anilines is 3. The van der Waals surface area contributed by atoms with Crippen LogP contribution < -0.4 is 16.0 Å². The number of aromatic nitrogens is 2. The van der Waals surface area contributed by atoms with Gasteiger partial charge in [-0.05, 0) is 61.4 Å². The van der Waals surface area contributed by atoms with Crippen LogP contribution in [0.25, 0.3) is 10.9 Å². The number of hydrogen-bond donors (Lipinski definition) is 4. The summed E-state index contributed by atoms with van der Waals surface area (Å²) in [5.74, 6) is -0.223. The lowest BCUT2D eigenvalue weighted by Gasteiger charge is -2.15. The fourth-order valence-electron chi connectivity index (χ4n) is 3.88. The van der Waals surface area contributed by atoms with Crippen LogP contribution in [0.4, 0.5) is 17.1 Å². The van der Waals surface area contributed by atoms with Gasteiger partial charge in [-0.15, -0.1) is 0 Å². The summed E-state index contributed by atoms with van der Waals surface area (Å²) in [6.07, 6.45) is 5.17. The summed E-state index contributed by atoms with van der Waals surface area (Å²) in [6.45, 7) is 3.44. The summed E-state index contributed by atoms with van der Waals surface area (Å²) in [4.78, 5) is 19.1. The van der Waals surface area contributed by atoms with Crippen LogP contribution in [-0.4, -0.2) is 36.1 Å². The first-order valence-electron chi connectivity index (χ1n) is 11.5. The lowest BCUT2D eigenvalue weighted by molar-refractivity contribution is -0.140. The number of carbonyl (C=O) groups is 1. The monoisotopic (exact) mass is 457 g/mol. The third-order valence-electron chi connectivity index (χ3n) is 5.80. The molecule has 0 bridgehead atoms. The Kier molecular flexibility index (Phi) is 7.78. The maximum Gasteiger partial charge on any atom is 0.306 e. The van der Waals surface area contributed by atoms with Gasteiger partial charge in [-0.3, -0.25) is 9.78 Å². The second kappa shape index (κ2) is 11.3. The Hall–Kier alpha value is -3.84. The Morgan fingerprint density at radius 3 is 2.65 bits per heavy atom. The molecule has 0 aliphatic carbocycles. The fraction of sp³-hybridized carbons (Fsp3) is 0.259. The first-order chi connectivity index (χ1) is 16.6. The molecule has 0 aliphatic heterocycles. The smallest absolute Gasteiger partial charge is 0.306 e. The Morgan fingerprint density at radius 2 is 1.82 bits per heavy atom. The van der Waals surface area contributed by atoms with Crippen molar-refractivity contribution in [2.75, 3.05) is 30.8 Å². The molecule has 0 saturated carbocycles. The highest BCUT2D eigenvalue weighted by atomic mass is 16.5. The standard InChI is InChI=1S/C27H31N5O2/c1-19(28-16-13-27(33)34-2)26-17-23(12-15-30-26)32-22-9-7-21(8-10-22)29-14-11-20-18-31-25-6-4-3-5-24(20)25/h3-10,12,15,17-19,28-29,31H,11,13-14,16H2,1-2H3,(H,30,32). The summed E-state index contributed by atoms with van der Waals surface area (Å²) in [7, 11) is 1.40. The van der Waals surface area contributed by atoms with Crippen LogP contribution in [0.15, 0.2) is 73.1 Å². The molecule has 0 spiro atoms.